The van der Waals surface area contributed by atoms with Crippen LogP contribution in [-0.2, 0) is 6.42 Å². The highest BCUT2D eigenvalue weighted by Crippen LogP contribution is 2.15. The highest BCUT2D eigenvalue weighted by atomic mass is 16.3. The first-order valence-corrected chi connectivity index (χ1v) is 5.90. The van der Waals surface area contributed by atoms with Crippen LogP contribution in [0.5, 0.6) is 0 Å². The van der Waals surface area contributed by atoms with E-state index >= 15 is 0 Å². The van der Waals surface area contributed by atoms with E-state index < -0.39 is 5.60 Å². The number of rotatable bonds is 6. The average molecular weight is 225 g/mol. The lowest BCUT2D eigenvalue weighted by Gasteiger charge is -2.29. The zero-order valence-electron chi connectivity index (χ0n) is 10.7. The predicted molar refractivity (Wildman–Crippen MR) is 65.3 cm³/mol. The Kier molecular flexibility index (Phi) is 4.56. The third kappa shape index (κ3) is 3.99. The fraction of sp³-hybridized carbons (Fsp3) is 0.692. The molecular weight excluding hydrogens is 202 g/mol. The number of hydrogen-bond donors (Lipinski definition) is 2. The van der Waals surface area contributed by atoms with Gasteiger partial charge in [0, 0.05) is 19.0 Å². The molecule has 0 amide bonds. The van der Waals surface area contributed by atoms with Crippen molar-refractivity contribution in [3.8, 4) is 0 Å². The molecule has 1 aromatic heterocycles. The van der Waals surface area contributed by atoms with Gasteiger partial charge in [0.2, 0.25) is 0 Å². The van der Waals surface area contributed by atoms with Gasteiger partial charge in [0.15, 0.2) is 0 Å². The molecule has 3 heteroatoms. The molecule has 16 heavy (non-hydrogen) atoms. The maximum atomic E-state index is 10.1. The maximum absolute atomic E-state index is 10.1. The minimum absolute atomic E-state index is 0.246. The second-order valence-corrected chi connectivity index (χ2v) is 5.08. The Morgan fingerprint density at radius 2 is 2.12 bits per heavy atom. The molecule has 0 aromatic carbocycles. The van der Waals surface area contributed by atoms with E-state index in [1.54, 1.807) is 6.26 Å². The van der Waals surface area contributed by atoms with Gasteiger partial charge in [-0.2, -0.15) is 0 Å². The van der Waals surface area contributed by atoms with Crippen LogP contribution in [-0.4, -0.2) is 23.3 Å². The van der Waals surface area contributed by atoms with E-state index in [2.05, 4.69) is 12.2 Å². The van der Waals surface area contributed by atoms with Crippen LogP contribution in [0.4, 0.5) is 0 Å². The highest BCUT2D eigenvalue weighted by Gasteiger charge is 2.24. The van der Waals surface area contributed by atoms with Gasteiger partial charge >= 0.3 is 0 Å². The quantitative estimate of drug-likeness (QED) is 0.780. The topological polar surface area (TPSA) is 45.4 Å². The summed E-state index contributed by atoms with van der Waals surface area (Å²) in [5, 5.41) is 13.4. The Balaban J connectivity index is 2.33. The van der Waals surface area contributed by atoms with Crippen molar-refractivity contribution in [1.29, 1.82) is 0 Å². The molecule has 2 N–H and O–H groups in total. The zero-order chi connectivity index (χ0) is 12.2. The lowest BCUT2D eigenvalue weighted by atomic mass is 9.92. The summed E-state index contributed by atoms with van der Waals surface area (Å²) >= 11 is 0. The molecule has 0 bridgehead atoms. The van der Waals surface area contributed by atoms with Crippen LogP contribution in [0.1, 0.15) is 33.5 Å². The van der Waals surface area contributed by atoms with Crippen LogP contribution >= 0.6 is 0 Å². The normalized spacial score (nSPS) is 17.4. The van der Waals surface area contributed by atoms with Crippen molar-refractivity contribution in [2.24, 2.45) is 5.92 Å². The minimum Gasteiger partial charge on any atom is -0.469 e. The SMILES string of the molecule is CC(Cc1ccco1)NCC(C)(O)C(C)C. The first-order valence-electron chi connectivity index (χ1n) is 5.90. The second kappa shape index (κ2) is 5.51. The molecule has 1 heterocycles. The Hall–Kier alpha value is -0.800. The zero-order valence-corrected chi connectivity index (χ0v) is 10.7. The summed E-state index contributed by atoms with van der Waals surface area (Å²) in [6.45, 7) is 8.62. The molecule has 1 rings (SSSR count). The molecule has 0 saturated carbocycles. The van der Waals surface area contributed by atoms with Crippen molar-refractivity contribution < 1.29 is 9.52 Å². The van der Waals surface area contributed by atoms with Crippen LogP contribution in [0.3, 0.4) is 0 Å². The van der Waals surface area contributed by atoms with E-state index in [9.17, 15) is 5.11 Å². The predicted octanol–water partition coefficient (Wildman–Crippen LogP) is 2.21. The summed E-state index contributed by atoms with van der Waals surface area (Å²) in [6.07, 6.45) is 2.54. The monoisotopic (exact) mass is 225 g/mol. The van der Waals surface area contributed by atoms with Gasteiger partial charge < -0.3 is 14.8 Å². The molecule has 3 nitrogen and oxygen atoms in total. The molecule has 0 spiro atoms. The number of furan rings is 1. The summed E-state index contributed by atoms with van der Waals surface area (Å²) in [5.41, 5.74) is -0.655. The summed E-state index contributed by atoms with van der Waals surface area (Å²) in [7, 11) is 0. The molecule has 0 aliphatic carbocycles. The van der Waals surface area contributed by atoms with Gasteiger partial charge in [-0.25, -0.2) is 0 Å². The van der Waals surface area contributed by atoms with E-state index in [4.69, 9.17) is 4.42 Å². The summed E-state index contributed by atoms with van der Waals surface area (Å²) in [6, 6.07) is 4.17. The molecule has 92 valence electrons. The fourth-order valence-electron chi connectivity index (χ4n) is 1.39. The highest BCUT2D eigenvalue weighted by molar-refractivity contribution is 5.00. The van der Waals surface area contributed by atoms with Crippen molar-refractivity contribution in [2.75, 3.05) is 6.54 Å². The van der Waals surface area contributed by atoms with Crippen molar-refractivity contribution >= 4 is 0 Å². The van der Waals surface area contributed by atoms with Gasteiger partial charge in [0.25, 0.3) is 0 Å². The van der Waals surface area contributed by atoms with E-state index in [1.807, 2.05) is 32.9 Å². The van der Waals surface area contributed by atoms with E-state index in [0.717, 1.165) is 12.2 Å². The van der Waals surface area contributed by atoms with Crippen LogP contribution in [0.2, 0.25) is 0 Å². The lowest BCUT2D eigenvalue weighted by Crippen LogP contribution is -2.45. The van der Waals surface area contributed by atoms with Gasteiger partial charge in [0.05, 0.1) is 11.9 Å². The van der Waals surface area contributed by atoms with Crippen molar-refractivity contribution in [3.05, 3.63) is 24.2 Å². The van der Waals surface area contributed by atoms with Crippen LogP contribution in [0, 0.1) is 5.92 Å². The molecule has 2 atom stereocenters. The molecule has 0 saturated heterocycles. The Morgan fingerprint density at radius 3 is 2.62 bits per heavy atom. The second-order valence-electron chi connectivity index (χ2n) is 5.08. The summed E-state index contributed by atoms with van der Waals surface area (Å²) < 4.78 is 5.28. The largest absolute Gasteiger partial charge is 0.469 e. The van der Waals surface area contributed by atoms with Gasteiger partial charge in [-0.05, 0) is 31.9 Å². The van der Waals surface area contributed by atoms with Gasteiger partial charge in [-0.1, -0.05) is 13.8 Å². The first kappa shape index (κ1) is 13.3. The Morgan fingerprint density at radius 1 is 1.44 bits per heavy atom. The van der Waals surface area contributed by atoms with Crippen LogP contribution in [0.15, 0.2) is 22.8 Å². The number of hydrogen-bond acceptors (Lipinski definition) is 3. The standard InChI is InChI=1S/C13H23NO2/c1-10(2)13(4,15)9-14-11(3)8-12-6-5-7-16-12/h5-7,10-11,14-15H,8-9H2,1-4H3. The number of nitrogens with one attached hydrogen (secondary N) is 1. The fourth-order valence-corrected chi connectivity index (χ4v) is 1.39. The van der Waals surface area contributed by atoms with Gasteiger partial charge in [-0.3, -0.25) is 0 Å². The van der Waals surface area contributed by atoms with Crippen LogP contribution < -0.4 is 5.32 Å². The molecule has 0 radical (unpaired) electrons. The van der Waals surface area contributed by atoms with Gasteiger partial charge in [-0.15, -0.1) is 0 Å². The summed E-state index contributed by atoms with van der Waals surface area (Å²) in [5.74, 6) is 1.22. The van der Waals surface area contributed by atoms with E-state index in [-0.39, 0.29) is 5.92 Å². The third-order valence-electron chi connectivity index (χ3n) is 3.14. The smallest absolute Gasteiger partial charge is 0.105 e. The van der Waals surface area contributed by atoms with Crippen molar-refractivity contribution in [3.63, 3.8) is 0 Å². The molecule has 2 unspecified atom stereocenters. The average Bonchev–Trinajstić information content (AvgIpc) is 2.67. The molecule has 0 fully saturated rings. The van der Waals surface area contributed by atoms with Crippen molar-refractivity contribution in [2.45, 2.75) is 45.8 Å². The Labute approximate surface area is 97.9 Å². The van der Waals surface area contributed by atoms with E-state index in [1.165, 1.54) is 0 Å². The number of aliphatic hydroxyl groups is 1. The molecule has 0 aliphatic rings. The third-order valence-corrected chi connectivity index (χ3v) is 3.14. The summed E-state index contributed by atoms with van der Waals surface area (Å²) in [4.78, 5) is 0. The lowest BCUT2D eigenvalue weighted by molar-refractivity contribution is 0.0121. The van der Waals surface area contributed by atoms with Crippen LogP contribution in [0.25, 0.3) is 0 Å². The first-order chi connectivity index (χ1) is 7.42. The molecule has 0 aliphatic heterocycles. The Bertz CT molecular complexity index is 291. The van der Waals surface area contributed by atoms with E-state index in [0.29, 0.717) is 12.6 Å². The minimum atomic E-state index is -0.655. The molecular formula is C13H23NO2. The van der Waals surface area contributed by atoms with Gasteiger partial charge in [0.1, 0.15) is 5.76 Å². The molecule has 1 aromatic rings. The maximum Gasteiger partial charge on any atom is 0.105 e. The van der Waals surface area contributed by atoms with Crippen molar-refractivity contribution in [1.82, 2.24) is 5.32 Å².